The third kappa shape index (κ3) is 2.68. The highest BCUT2D eigenvalue weighted by molar-refractivity contribution is 9.10. The van der Waals surface area contributed by atoms with Gasteiger partial charge in [0.25, 0.3) is 0 Å². The molecule has 1 aromatic carbocycles. The molecule has 0 atom stereocenters. The smallest absolute Gasteiger partial charge is 0.124 e. The Morgan fingerprint density at radius 3 is 2.75 bits per heavy atom. The molecule has 0 aliphatic rings. The summed E-state index contributed by atoms with van der Waals surface area (Å²) in [6.07, 6.45) is 3.33. The van der Waals surface area contributed by atoms with Crippen molar-refractivity contribution in [1.82, 2.24) is 9.78 Å². The molecule has 0 saturated carbocycles. The number of nitrogens with zero attached hydrogens (tertiary/aromatic N) is 2. The van der Waals surface area contributed by atoms with Crippen LogP contribution in [-0.4, -0.2) is 14.9 Å². The summed E-state index contributed by atoms with van der Waals surface area (Å²) in [6, 6.07) is 4.71. The number of hydrogen-bond donors (Lipinski definition) is 1. The summed E-state index contributed by atoms with van der Waals surface area (Å²) in [6.45, 7) is 0.448. The molecule has 0 unspecified atom stereocenters. The molecule has 2 rings (SSSR count). The minimum atomic E-state index is -0.279. The lowest BCUT2D eigenvalue weighted by Crippen LogP contribution is -2.00. The Morgan fingerprint density at radius 1 is 1.31 bits per heavy atom. The standard InChI is InChI=1S/C11H10BrFN2O/c12-10-1-8(2-11(13)3-10)5-15-6-9(7-16)4-14-15/h1-4,6,16H,5,7H2. The topological polar surface area (TPSA) is 38.1 Å². The summed E-state index contributed by atoms with van der Waals surface area (Å²) >= 11 is 3.24. The van der Waals surface area contributed by atoms with E-state index < -0.39 is 0 Å². The summed E-state index contributed by atoms with van der Waals surface area (Å²) < 4.78 is 15.5. The van der Waals surface area contributed by atoms with E-state index in [2.05, 4.69) is 21.0 Å². The van der Waals surface area contributed by atoms with Crippen molar-refractivity contribution in [3.63, 3.8) is 0 Å². The van der Waals surface area contributed by atoms with Crippen LogP contribution in [0.4, 0.5) is 4.39 Å². The van der Waals surface area contributed by atoms with E-state index in [1.165, 1.54) is 12.1 Å². The van der Waals surface area contributed by atoms with E-state index in [1.54, 1.807) is 17.1 Å². The SMILES string of the molecule is OCc1cnn(Cc2cc(F)cc(Br)c2)c1. The van der Waals surface area contributed by atoms with Crippen LogP contribution < -0.4 is 0 Å². The number of rotatable bonds is 3. The average Bonchev–Trinajstić information content (AvgIpc) is 2.64. The average molecular weight is 285 g/mol. The van der Waals surface area contributed by atoms with Crippen molar-refractivity contribution < 1.29 is 9.50 Å². The molecular weight excluding hydrogens is 275 g/mol. The molecule has 0 aliphatic carbocycles. The molecular formula is C11H10BrFN2O. The van der Waals surface area contributed by atoms with Crippen LogP contribution in [0.5, 0.6) is 0 Å². The molecule has 1 aromatic heterocycles. The third-order valence-electron chi connectivity index (χ3n) is 2.14. The first-order valence-electron chi connectivity index (χ1n) is 4.74. The second-order valence-corrected chi connectivity index (χ2v) is 4.40. The van der Waals surface area contributed by atoms with Gasteiger partial charge in [-0.05, 0) is 23.8 Å². The Bertz CT molecular complexity index is 478. The summed E-state index contributed by atoms with van der Waals surface area (Å²) in [5.41, 5.74) is 1.56. The first-order chi connectivity index (χ1) is 7.67. The van der Waals surface area contributed by atoms with Gasteiger partial charge in [0.15, 0.2) is 0 Å². The zero-order valence-corrected chi connectivity index (χ0v) is 9.98. The molecule has 0 radical (unpaired) electrons. The molecule has 16 heavy (non-hydrogen) atoms. The Balaban J connectivity index is 2.19. The maximum Gasteiger partial charge on any atom is 0.124 e. The molecule has 0 bridgehead atoms. The lowest BCUT2D eigenvalue weighted by molar-refractivity contribution is 0.281. The molecule has 84 valence electrons. The quantitative estimate of drug-likeness (QED) is 0.940. The van der Waals surface area contributed by atoms with E-state index in [-0.39, 0.29) is 12.4 Å². The number of aliphatic hydroxyl groups excluding tert-OH is 1. The van der Waals surface area contributed by atoms with Gasteiger partial charge >= 0.3 is 0 Å². The largest absolute Gasteiger partial charge is 0.392 e. The molecule has 3 nitrogen and oxygen atoms in total. The van der Waals surface area contributed by atoms with Crippen molar-refractivity contribution in [3.8, 4) is 0 Å². The van der Waals surface area contributed by atoms with Crippen LogP contribution in [0.15, 0.2) is 35.1 Å². The normalized spacial score (nSPS) is 10.7. The van der Waals surface area contributed by atoms with E-state index in [1.807, 2.05) is 6.07 Å². The van der Waals surface area contributed by atoms with Crippen LogP contribution in [-0.2, 0) is 13.2 Å². The maximum atomic E-state index is 13.1. The minimum absolute atomic E-state index is 0.0349. The molecule has 1 N–H and O–H groups in total. The van der Waals surface area contributed by atoms with Crippen LogP contribution in [0.3, 0.4) is 0 Å². The molecule has 0 aliphatic heterocycles. The summed E-state index contributed by atoms with van der Waals surface area (Å²) in [4.78, 5) is 0. The highest BCUT2D eigenvalue weighted by atomic mass is 79.9. The molecule has 0 amide bonds. The minimum Gasteiger partial charge on any atom is -0.392 e. The van der Waals surface area contributed by atoms with Gasteiger partial charge in [-0.25, -0.2) is 4.39 Å². The highest BCUT2D eigenvalue weighted by Gasteiger charge is 2.02. The predicted molar refractivity (Wildman–Crippen MR) is 61.4 cm³/mol. The Labute approximate surface area is 101 Å². The van der Waals surface area contributed by atoms with Crippen molar-refractivity contribution in [2.24, 2.45) is 0 Å². The van der Waals surface area contributed by atoms with Crippen LogP contribution in [0.25, 0.3) is 0 Å². The van der Waals surface area contributed by atoms with E-state index >= 15 is 0 Å². The summed E-state index contributed by atoms with van der Waals surface area (Å²) in [7, 11) is 0. The molecule has 0 fully saturated rings. The third-order valence-corrected chi connectivity index (χ3v) is 2.59. The molecule has 0 spiro atoms. The van der Waals surface area contributed by atoms with Gasteiger partial charge < -0.3 is 5.11 Å². The van der Waals surface area contributed by atoms with Gasteiger partial charge in [0.2, 0.25) is 0 Å². The second-order valence-electron chi connectivity index (χ2n) is 3.48. The number of halogens is 2. The molecule has 5 heteroatoms. The van der Waals surface area contributed by atoms with Gasteiger partial charge in [0, 0.05) is 16.2 Å². The number of benzene rings is 1. The van der Waals surface area contributed by atoms with Gasteiger partial charge in [-0.2, -0.15) is 5.10 Å². The lowest BCUT2D eigenvalue weighted by Gasteiger charge is -2.03. The monoisotopic (exact) mass is 284 g/mol. The first kappa shape index (κ1) is 11.3. The van der Waals surface area contributed by atoms with Gasteiger partial charge in [0.05, 0.1) is 19.3 Å². The van der Waals surface area contributed by atoms with Gasteiger partial charge in [0.1, 0.15) is 5.82 Å². The lowest BCUT2D eigenvalue weighted by atomic mass is 10.2. The van der Waals surface area contributed by atoms with E-state index in [0.717, 1.165) is 11.1 Å². The fourth-order valence-electron chi connectivity index (χ4n) is 1.46. The molecule has 2 aromatic rings. The second kappa shape index (κ2) is 4.76. The van der Waals surface area contributed by atoms with Gasteiger partial charge in [-0.1, -0.05) is 15.9 Å². The zero-order valence-electron chi connectivity index (χ0n) is 8.40. The van der Waals surface area contributed by atoms with Gasteiger partial charge in [-0.15, -0.1) is 0 Å². The van der Waals surface area contributed by atoms with Crippen LogP contribution in [0, 0.1) is 5.82 Å². The van der Waals surface area contributed by atoms with Crippen molar-refractivity contribution in [1.29, 1.82) is 0 Å². The Morgan fingerprint density at radius 2 is 2.12 bits per heavy atom. The Kier molecular flexibility index (Phi) is 3.36. The summed E-state index contributed by atoms with van der Waals surface area (Å²) in [5.74, 6) is -0.279. The van der Waals surface area contributed by atoms with Crippen LogP contribution in [0.1, 0.15) is 11.1 Å². The summed E-state index contributed by atoms with van der Waals surface area (Å²) in [5, 5.41) is 12.9. The maximum absolute atomic E-state index is 13.1. The highest BCUT2D eigenvalue weighted by Crippen LogP contribution is 2.15. The van der Waals surface area contributed by atoms with Crippen LogP contribution >= 0.6 is 15.9 Å². The van der Waals surface area contributed by atoms with E-state index in [9.17, 15) is 4.39 Å². The molecule has 0 saturated heterocycles. The van der Waals surface area contributed by atoms with Gasteiger partial charge in [-0.3, -0.25) is 4.68 Å². The zero-order chi connectivity index (χ0) is 11.5. The predicted octanol–water partition coefficient (Wildman–Crippen LogP) is 2.33. The number of aliphatic hydroxyl groups is 1. The first-order valence-corrected chi connectivity index (χ1v) is 5.54. The fourth-order valence-corrected chi connectivity index (χ4v) is 1.98. The number of aromatic nitrogens is 2. The van der Waals surface area contributed by atoms with E-state index in [0.29, 0.717) is 11.0 Å². The van der Waals surface area contributed by atoms with Crippen molar-refractivity contribution in [2.75, 3.05) is 0 Å². The Hall–Kier alpha value is -1.20. The molecule has 1 heterocycles. The number of hydrogen-bond acceptors (Lipinski definition) is 2. The van der Waals surface area contributed by atoms with E-state index in [4.69, 9.17) is 5.11 Å². The van der Waals surface area contributed by atoms with Crippen molar-refractivity contribution in [3.05, 3.63) is 52.0 Å². The van der Waals surface area contributed by atoms with Crippen molar-refractivity contribution >= 4 is 15.9 Å². The van der Waals surface area contributed by atoms with Crippen molar-refractivity contribution in [2.45, 2.75) is 13.2 Å². The fraction of sp³-hybridized carbons (Fsp3) is 0.182. The van der Waals surface area contributed by atoms with Crippen LogP contribution in [0.2, 0.25) is 0 Å².